The summed E-state index contributed by atoms with van der Waals surface area (Å²) in [6.07, 6.45) is 1.38. The average molecular weight is 235 g/mol. The smallest absolute Gasteiger partial charge is 0.410 e. The summed E-state index contributed by atoms with van der Waals surface area (Å²) >= 11 is 0. The van der Waals surface area contributed by atoms with Gasteiger partial charge in [0, 0.05) is 13.1 Å². The first-order valence-electron chi connectivity index (χ1n) is 5.93. The van der Waals surface area contributed by atoms with Gasteiger partial charge in [-0.3, -0.25) is 0 Å². The van der Waals surface area contributed by atoms with E-state index in [0.717, 1.165) is 18.4 Å². The maximum Gasteiger partial charge on any atom is 0.410 e. The van der Waals surface area contributed by atoms with Crippen LogP contribution in [0.4, 0.5) is 4.79 Å². The topological polar surface area (TPSA) is 49.8 Å². The largest absolute Gasteiger partial charge is 0.508 e. The number of nitrogens with zero attached hydrogens (tertiary/aromatic N) is 1. The summed E-state index contributed by atoms with van der Waals surface area (Å²) in [5, 5.41) is 9.42. The summed E-state index contributed by atoms with van der Waals surface area (Å²) in [6.45, 7) is 3.63. The maximum absolute atomic E-state index is 11.7. The van der Waals surface area contributed by atoms with Crippen LogP contribution in [-0.4, -0.2) is 29.3 Å². The van der Waals surface area contributed by atoms with Crippen molar-refractivity contribution < 1.29 is 14.6 Å². The minimum absolute atomic E-state index is 0.243. The van der Waals surface area contributed by atoms with Crippen LogP contribution >= 0.6 is 0 Å². The van der Waals surface area contributed by atoms with Gasteiger partial charge in [-0.15, -0.1) is 0 Å². The summed E-state index contributed by atoms with van der Waals surface area (Å²) in [7, 11) is 0. The van der Waals surface area contributed by atoms with Crippen LogP contribution in [0.25, 0.3) is 0 Å². The van der Waals surface area contributed by atoms with Crippen molar-refractivity contribution in [2.75, 3.05) is 13.2 Å². The lowest BCUT2D eigenvalue weighted by Crippen LogP contribution is -2.36. The van der Waals surface area contributed by atoms with Crippen molar-refractivity contribution in [1.29, 1.82) is 0 Å². The third kappa shape index (κ3) is 2.70. The van der Waals surface area contributed by atoms with Crippen LogP contribution in [0.1, 0.15) is 24.5 Å². The molecule has 0 aliphatic carbocycles. The molecule has 0 unspecified atom stereocenters. The number of amides is 1. The van der Waals surface area contributed by atoms with E-state index in [4.69, 9.17) is 4.74 Å². The van der Waals surface area contributed by atoms with Gasteiger partial charge >= 0.3 is 6.09 Å². The van der Waals surface area contributed by atoms with E-state index in [1.807, 2.05) is 13.0 Å². The second-order valence-electron chi connectivity index (χ2n) is 4.24. The molecular weight excluding hydrogens is 218 g/mol. The van der Waals surface area contributed by atoms with Crippen molar-refractivity contribution in [3.8, 4) is 5.75 Å². The molecule has 0 saturated carbocycles. The van der Waals surface area contributed by atoms with Crippen molar-refractivity contribution in [3.63, 3.8) is 0 Å². The lowest BCUT2D eigenvalue weighted by Gasteiger charge is -2.28. The number of carbonyl (C=O) groups excluding carboxylic acids is 1. The molecule has 0 spiro atoms. The predicted molar refractivity (Wildman–Crippen MR) is 63.9 cm³/mol. The van der Waals surface area contributed by atoms with Gasteiger partial charge < -0.3 is 14.7 Å². The summed E-state index contributed by atoms with van der Waals surface area (Å²) < 4.78 is 5.10. The number of benzene rings is 1. The van der Waals surface area contributed by atoms with Crippen molar-refractivity contribution in [3.05, 3.63) is 29.3 Å². The Morgan fingerprint density at radius 1 is 1.47 bits per heavy atom. The first kappa shape index (κ1) is 11.8. The second-order valence-corrected chi connectivity index (χ2v) is 4.24. The van der Waals surface area contributed by atoms with Crippen LogP contribution in [0.3, 0.4) is 0 Å². The molecule has 1 aliphatic rings. The molecule has 0 atom stereocenters. The molecule has 92 valence electrons. The Labute approximate surface area is 101 Å². The highest BCUT2D eigenvalue weighted by molar-refractivity contribution is 5.68. The van der Waals surface area contributed by atoms with E-state index in [1.54, 1.807) is 17.0 Å². The number of hydrogen-bond donors (Lipinski definition) is 1. The molecule has 1 aromatic carbocycles. The molecule has 1 heterocycles. The number of carbonyl (C=O) groups is 1. The number of phenols is 1. The Balaban J connectivity index is 2.04. The van der Waals surface area contributed by atoms with Crippen LogP contribution < -0.4 is 0 Å². The van der Waals surface area contributed by atoms with Gasteiger partial charge in [-0.2, -0.15) is 0 Å². The van der Waals surface area contributed by atoms with Gasteiger partial charge in [0.25, 0.3) is 0 Å². The van der Waals surface area contributed by atoms with E-state index >= 15 is 0 Å². The molecule has 0 aromatic heterocycles. The van der Waals surface area contributed by atoms with Gasteiger partial charge in [0.15, 0.2) is 0 Å². The first-order valence-corrected chi connectivity index (χ1v) is 5.93. The van der Waals surface area contributed by atoms with Crippen LogP contribution in [0.15, 0.2) is 18.2 Å². The molecule has 1 aromatic rings. The van der Waals surface area contributed by atoms with E-state index in [-0.39, 0.29) is 11.8 Å². The predicted octanol–water partition coefficient (Wildman–Crippen LogP) is 2.30. The van der Waals surface area contributed by atoms with Crippen molar-refractivity contribution in [1.82, 2.24) is 4.90 Å². The molecule has 1 aliphatic heterocycles. The molecular formula is C13H17NO3. The summed E-state index contributed by atoms with van der Waals surface area (Å²) in [5.41, 5.74) is 2.20. The monoisotopic (exact) mass is 235 g/mol. The van der Waals surface area contributed by atoms with E-state index in [1.165, 1.54) is 5.56 Å². The molecule has 0 bridgehead atoms. The SMILES string of the molecule is CCCOC(=O)N1CCc2ccc(O)cc2C1. The van der Waals surface area contributed by atoms with Gasteiger partial charge in [0.1, 0.15) is 5.75 Å². The Bertz CT molecular complexity index is 417. The second kappa shape index (κ2) is 5.08. The summed E-state index contributed by atoms with van der Waals surface area (Å²) in [4.78, 5) is 13.4. The number of ether oxygens (including phenoxy) is 1. The van der Waals surface area contributed by atoms with Gasteiger partial charge in [-0.05, 0) is 36.1 Å². The van der Waals surface area contributed by atoms with Crippen LogP contribution in [0.5, 0.6) is 5.75 Å². The normalized spacial score (nSPS) is 14.3. The molecule has 0 fully saturated rings. The Hall–Kier alpha value is -1.71. The zero-order valence-electron chi connectivity index (χ0n) is 9.98. The Morgan fingerprint density at radius 2 is 2.29 bits per heavy atom. The number of aromatic hydroxyl groups is 1. The average Bonchev–Trinajstić information content (AvgIpc) is 2.35. The molecule has 1 N–H and O–H groups in total. The van der Waals surface area contributed by atoms with E-state index < -0.39 is 0 Å². The minimum atomic E-state index is -0.263. The molecule has 1 amide bonds. The molecule has 2 rings (SSSR count). The van der Waals surface area contributed by atoms with Crippen molar-refractivity contribution in [2.24, 2.45) is 0 Å². The highest BCUT2D eigenvalue weighted by Gasteiger charge is 2.21. The van der Waals surface area contributed by atoms with E-state index in [2.05, 4.69) is 0 Å². The van der Waals surface area contributed by atoms with Crippen molar-refractivity contribution >= 4 is 6.09 Å². The maximum atomic E-state index is 11.7. The van der Waals surface area contributed by atoms with E-state index in [0.29, 0.717) is 19.7 Å². The number of rotatable bonds is 2. The fourth-order valence-electron chi connectivity index (χ4n) is 1.98. The Kier molecular flexibility index (Phi) is 3.52. The molecule has 4 nitrogen and oxygen atoms in total. The lowest BCUT2D eigenvalue weighted by atomic mass is 10.00. The third-order valence-corrected chi connectivity index (χ3v) is 2.89. The fraction of sp³-hybridized carbons (Fsp3) is 0.462. The minimum Gasteiger partial charge on any atom is -0.508 e. The molecule has 17 heavy (non-hydrogen) atoms. The van der Waals surface area contributed by atoms with Crippen LogP contribution in [0.2, 0.25) is 0 Å². The highest BCUT2D eigenvalue weighted by atomic mass is 16.6. The zero-order valence-corrected chi connectivity index (χ0v) is 9.98. The van der Waals surface area contributed by atoms with Gasteiger partial charge in [-0.25, -0.2) is 4.79 Å². The van der Waals surface area contributed by atoms with Gasteiger partial charge in [-0.1, -0.05) is 13.0 Å². The molecule has 0 saturated heterocycles. The Morgan fingerprint density at radius 3 is 3.06 bits per heavy atom. The number of hydrogen-bond acceptors (Lipinski definition) is 3. The fourth-order valence-corrected chi connectivity index (χ4v) is 1.98. The highest BCUT2D eigenvalue weighted by Crippen LogP contribution is 2.23. The number of fused-ring (bicyclic) bond motifs is 1. The summed E-state index contributed by atoms with van der Waals surface area (Å²) in [6, 6.07) is 5.32. The van der Waals surface area contributed by atoms with Gasteiger partial charge in [0.2, 0.25) is 0 Å². The standard InChI is InChI=1S/C13H17NO3/c1-2-7-17-13(16)14-6-5-10-3-4-12(15)8-11(10)9-14/h3-4,8,15H,2,5-7,9H2,1H3. The molecule has 0 radical (unpaired) electrons. The van der Waals surface area contributed by atoms with Crippen LogP contribution in [-0.2, 0) is 17.7 Å². The zero-order chi connectivity index (χ0) is 12.3. The number of phenolic OH excluding ortho intramolecular Hbond substituents is 1. The van der Waals surface area contributed by atoms with Crippen molar-refractivity contribution in [2.45, 2.75) is 26.3 Å². The molecule has 4 heteroatoms. The van der Waals surface area contributed by atoms with Crippen LogP contribution in [0, 0.1) is 0 Å². The lowest BCUT2D eigenvalue weighted by molar-refractivity contribution is 0.0978. The van der Waals surface area contributed by atoms with Gasteiger partial charge in [0.05, 0.1) is 6.61 Å². The summed E-state index contributed by atoms with van der Waals surface area (Å²) in [5.74, 6) is 0.243. The first-order chi connectivity index (χ1) is 8.20. The third-order valence-electron chi connectivity index (χ3n) is 2.89. The van der Waals surface area contributed by atoms with E-state index in [9.17, 15) is 9.90 Å². The quantitative estimate of drug-likeness (QED) is 0.855.